The number of rotatable bonds is 6. The van der Waals surface area contributed by atoms with Crippen LogP contribution in [-0.4, -0.2) is 11.1 Å². The first kappa shape index (κ1) is 18.9. The van der Waals surface area contributed by atoms with E-state index in [0.717, 1.165) is 38.5 Å². The van der Waals surface area contributed by atoms with Crippen LogP contribution in [0.15, 0.2) is 84.9 Å². The highest BCUT2D eigenvalue weighted by Gasteiger charge is 2.17. The van der Waals surface area contributed by atoms with Crippen LogP contribution in [0.4, 0.5) is 4.39 Å². The molecular weight excluding hydrogens is 387 g/mol. The van der Waals surface area contributed by atoms with E-state index in [4.69, 9.17) is 9.84 Å². The second-order valence-corrected chi connectivity index (χ2v) is 7.45. The molecular formula is C24H17FO3S. The molecule has 1 heterocycles. The van der Waals surface area contributed by atoms with Gasteiger partial charge in [0.15, 0.2) is 5.13 Å². The summed E-state index contributed by atoms with van der Waals surface area (Å²) in [5.74, 6) is -0.327. The fraction of sp³-hybridized carbons (Fsp3) is 0.0417. The van der Waals surface area contributed by atoms with Crippen LogP contribution in [0.25, 0.3) is 21.6 Å². The number of halogens is 1. The molecule has 1 aromatic heterocycles. The second-order valence-electron chi connectivity index (χ2n) is 6.45. The highest BCUT2D eigenvalue weighted by Crippen LogP contribution is 2.42. The zero-order chi connectivity index (χ0) is 20.2. The lowest BCUT2D eigenvalue weighted by atomic mass is 10.0. The van der Waals surface area contributed by atoms with Crippen LogP contribution in [0.5, 0.6) is 5.75 Å². The molecule has 0 bridgehead atoms. The summed E-state index contributed by atoms with van der Waals surface area (Å²) in [6.07, 6.45) is 0. The summed E-state index contributed by atoms with van der Waals surface area (Å²) >= 11 is 1.03. The molecule has 0 fully saturated rings. The van der Waals surface area contributed by atoms with Crippen LogP contribution < -0.4 is 4.74 Å². The van der Waals surface area contributed by atoms with Crippen LogP contribution in [0.2, 0.25) is 0 Å². The Bertz CT molecular complexity index is 1130. The van der Waals surface area contributed by atoms with E-state index in [1.54, 1.807) is 12.1 Å². The maximum atomic E-state index is 14.2. The van der Waals surface area contributed by atoms with Gasteiger partial charge in [0.25, 0.3) is 0 Å². The molecule has 1 N–H and O–H groups in total. The molecule has 0 aliphatic heterocycles. The fourth-order valence-corrected chi connectivity index (χ4v) is 3.99. The van der Waals surface area contributed by atoms with E-state index >= 15 is 0 Å². The number of hydrogen-bond donors (Lipinski definition) is 1. The lowest BCUT2D eigenvalue weighted by Gasteiger charge is -2.12. The second kappa shape index (κ2) is 8.29. The summed E-state index contributed by atoms with van der Waals surface area (Å²) < 4.78 is 20.3. The van der Waals surface area contributed by atoms with E-state index in [-0.39, 0.29) is 10.7 Å². The van der Waals surface area contributed by atoms with E-state index in [1.165, 1.54) is 18.2 Å². The van der Waals surface area contributed by atoms with Crippen LogP contribution in [0.1, 0.15) is 15.9 Å². The lowest BCUT2D eigenvalue weighted by molar-refractivity contribution is 0.0697. The summed E-state index contributed by atoms with van der Waals surface area (Å²) in [6.45, 7) is 0.410. The fourth-order valence-electron chi connectivity index (χ4n) is 3.09. The maximum Gasteiger partial charge on any atom is 0.335 e. The van der Waals surface area contributed by atoms with Gasteiger partial charge in [0, 0.05) is 16.0 Å². The molecule has 29 heavy (non-hydrogen) atoms. The largest absolute Gasteiger partial charge is 0.488 e. The Balaban J connectivity index is 1.70. The number of carboxylic acid groups (broad SMARTS) is 1. The molecule has 0 amide bonds. The summed E-state index contributed by atoms with van der Waals surface area (Å²) in [7, 11) is 0. The van der Waals surface area contributed by atoms with Crippen molar-refractivity contribution in [3.8, 4) is 27.3 Å². The van der Waals surface area contributed by atoms with Crippen LogP contribution in [0, 0.1) is 5.13 Å². The first-order valence-electron chi connectivity index (χ1n) is 9.01. The Morgan fingerprint density at radius 1 is 0.897 bits per heavy atom. The Morgan fingerprint density at radius 2 is 1.59 bits per heavy atom. The SMILES string of the molecule is O=C(O)c1ccc(-c2sc(F)cc2-c2ccccc2OCc2ccccc2)cc1. The Hall–Kier alpha value is -3.44. The minimum atomic E-state index is -0.992. The number of para-hydroxylation sites is 1. The molecule has 5 heteroatoms. The van der Waals surface area contributed by atoms with Crippen LogP contribution >= 0.6 is 11.3 Å². The van der Waals surface area contributed by atoms with Gasteiger partial charge < -0.3 is 9.84 Å². The zero-order valence-electron chi connectivity index (χ0n) is 15.3. The van der Waals surface area contributed by atoms with Gasteiger partial charge in [-0.05, 0) is 35.4 Å². The molecule has 3 nitrogen and oxygen atoms in total. The molecule has 3 aromatic carbocycles. The molecule has 0 spiro atoms. The van der Waals surface area contributed by atoms with Gasteiger partial charge >= 0.3 is 5.97 Å². The third kappa shape index (κ3) is 4.20. The van der Waals surface area contributed by atoms with Crippen molar-refractivity contribution in [2.75, 3.05) is 0 Å². The number of thiophene rings is 1. The average Bonchev–Trinajstić information content (AvgIpc) is 3.15. The average molecular weight is 404 g/mol. The molecule has 0 saturated heterocycles. The van der Waals surface area contributed by atoms with Crippen molar-refractivity contribution in [3.05, 3.63) is 101 Å². The van der Waals surface area contributed by atoms with E-state index in [9.17, 15) is 9.18 Å². The molecule has 4 rings (SSSR count). The smallest absolute Gasteiger partial charge is 0.335 e. The number of benzene rings is 3. The number of ether oxygens (including phenoxy) is 1. The number of carboxylic acids is 1. The minimum Gasteiger partial charge on any atom is -0.488 e. The van der Waals surface area contributed by atoms with Gasteiger partial charge in [-0.25, -0.2) is 4.79 Å². The topological polar surface area (TPSA) is 46.5 Å². The summed E-state index contributed by atoms with van der Waals surface area (Å²) in [5, 5.41) is 8.79. The minimum absolute atomic E-state index is 0.193. The quantitative estimate of drug-likeness (QED) is 0.399. The number of hydrogen-bond acceptors (Lipinski definition) is 3. The van der Waals surface area contributed by atoms with Gasteiger partial charge in [0.2, 0.25) is 0 Å². The lowest BCUT2D eigenvalue weighted by Crippen LogP contribution is -1.97. The first-order valence-corrected chi connectivity index (χ1v) is 9.82. The van der Waals surface area contributed by atoms with Crippen molar-refractivity contribution in [2.24, 2.45) is 0 Å². The van der Waals surface area contributed by atoms with Crippen LogP contribution in [0.3, 0.4) is 0 Å². The normalized spacial score (nSPS) is 10.7. The Morgan fingerprint density at radius 3 is 2.31 bits per heavy atom. The van der Waals surface area contributed by atoms with Crippen molar-refractivity contribution in [1.82, 2.24) is 0 Å². The maximum absolute atomic E-state index is 14.2. The standard InChI is InChI=1S/C24H17FO3S/c25-22-14-20(23(29-22)17-10-12-18(13-11-17)24(26)27)19-8-4-5-9-21(19)28-15-16-6-2-1-3-7-16/h1-14H,15H2,(H,26,27). The van der Waals surface area contributed by atoms with E-state index in [0.29, 0.717) is 12.4 Å². The van der Waals surface area contributed by atoms with Gasteiger partial charge in [0.1, 0.15) is 12.4 Å². The molecule has 0 saturated carbocycles. The van der Waals surface area contributed by atoms with Crippen molar-refractivity contribution in [1.29, 1.82) is 0 Å². The predicted octanol–water partition coefficient (Wildman–Crippen LogP) is 6.50. The monoisotopic (exact) mass is 404 g/mol. The van der Waals surface area contributed by atoms with Crippen molar-refractivity contribution < 1.29 is 19.0 Å². The van der Waals surface area contributed by atoms with E-state index in [1.807, 2.05) is 54.6 Å². The Kier molecular flexibility index (Phi) is 5.40. The van der Waals surface area contributed by atoms with Gasteiger partial charge in [-0.1, -0.05) is 60.7 Å². The summed E-state index contributed by atoms with van der Waals surface area (Å²) in [6, 6.07) is 25.3. The molecule has 0 aliphatic rings. The predicted molar refractivity (Wildman–Crippen MR) is 113 cm³/mol. The van der Waals surface area contributed by atoms with E-state index in [2.05, 4.69) is 0 Å². The number of carbonyl (C=O) groups is 1. The van der Waals surface area contributed by atoms with Gasteiger partial charge in [-0.3, -0.25) is 0 Å². The molecule has 0 radical (unpaired) electrons. The molecule has 0 unspecified atom stereocenters. The molecule has 144 valence electrons. The van der Waals surface area contributed by atoms with Gasteiger partial charge in [0.05, 0.1) is 5.56 Å². The highest BCUT2D eigenvalue weighted by atomic mass is 32.1. The first-order chi connectivity index (χ1) is 14.1. The highest BCUT2D eigenvalue weighted by molar-refractivity contribution is 7.14. The molecule has 4 aromatic rings. The van der Waals surface area contributed by atoms with E-state index < -0.39 is 5.97 Å². The summed E-state index contributed by atoms with van der Waals surface area (Å²) in [4.78, 5) is 11.8. The van der Waals surface area contributed by atoms with Crippen LogP contribution in [-0.2, 0) is 6.61 Å². The third-order valence-corrected chi connectivity index (χ3v) is 5.48. The van der Waals surface area contributed by atoms with Crippen molar-refractivity contribution >= 4 is 17.3 Å². The number of aromatic carboxylic acids is 1. The van der Waals surface area contributed by atoms with Crippen molar-refractivity contribution in [2.45, 2.75) is 6.61 Å². The van der Waals surface area contributed by atoms with Crippen molar-refractivity contribution in [3.63, 3.8) is 0 Å². The Labute approximate surface area is 171 Å². The van der Waals surface area contributed by atoms with Gasteiger partial charge in [-0.15, -0.1) is 11.3 Å². The summed E-state index contributed by atoms with van der Waals surface area (Å²) in [5.41, 5.74) is 3.51. The van der Waals surface area contributed by atoms with Gasteiger partial charge in [-0.2, -0.15) is 4.39 Å². The molecule has 0 aliphatic carbocycles. The third-order valence-electron chi connectivity index (χ3n) is 4.51. The molecule has 0 atom stereocenters. The zero-order valence-corrected chi connectivity index (χ0v) is 16.2.